The summed E-state index contributed by atoms with van der Waals surface area (Å²) in [6, 6.07) is 7.96. The first kappa shape index (κ1) is 9.17. The van der Waals surface area contributed by atoms with Crippen LogP contribution in [0.3, 0.4) is 0 Å². The van der Waals surface area contributed by atoms with Gasteiger partial charge in [0, 0.05) is 22.7 Å². The Morgan fingerprint density at radius 3 is 2.88 bits per heavy atom. The lowest BCUT2D eigenvalue weighted by Crippen LogP contribution is -1.82. The number of hydrogen-bond donors (Lipinski definition) is 1. The Labute approximate surface area is 95.2 Å². The molecule has 78 valence electrons. The van der Waals surface area contributed by atoms with E-state index in [1.54, 1.807) is 17.5 Å². The Bertz CT molecular complexity index is 524. The third kappa shape index (κ3) is 1.59. The second kappa shape index (κ2) is 3.82. The zero-order valence-corrected chi connectivity index (χ0v) is 8.98. The van der Waals surface area contributed by atoms with Crippen molar-refractivity contribution in [3.63, 3.8) is 0 Å². The Kier molecular flexibility index (Phi) is 2.19. The number of nitrogens with zero attached hydrogens (tertiary/aromatic N) is 4. The van der Waals surface area contributed by atoms with Crippen molar-refractivity contribution in [2.24, 2.45) is 0 Å². The van der Waals surface area contributed by atoms with Crippen molar-refractivity contribution in [1.82, 2.24) is 25.6 Å². The largest absolute Gasteiger partial charge is 0.245 e. The lowest BCUT2D eigenvalue weighted by atomic mass is 10.1. The third-order valence-electron chi connectivity index (χ3n) is 2.16. The molecule has 0 aliphatic rings. The minimum Gasteiger partial charge on any atom is -0.245 e. The van der Waals surface area contributed by atoms with E-state index in [2.05, 4.69) is 25.6 Å². The predicted octanol–water partition coefficient (Wildman–Crippen LogP) is 1.99. The van der Waals surface area contributed by atoms with E-state index in [-0.39, 0.29) is 0 Å². The number of rotatable bonds is 2. The molecule has 0 saturated heterocycles. The molecule has 5 nitrogen and oxygen atoms in total. The molecule has 3 rings (SSSR count). The van der Waals surface area contributed by atoms with Crippen LogP contribution in [0.2, 0.25) is 0 Å². The molecule has 2 heterocycles. The van der Waals surface area contributed by atoms with Gasteiger partial charge in [-0.05, 0) is 16.5 Å². The summed E-state index contributed by atoms with van der Waals surface area (Å²) in [5.74, 6) is 0.665. The van der Waals surface area contributed by atoms with E-state index >= 15 is 0 Å². The van der Waals surface area contributed by atoms with Gasteiger partial charge >= 0.3 is 0 Å². The summed E-state index contributed by atoms with van der Waals surface area (Å²) in [4.78, 5) is 4.27. The van der Waals surface area contributed by atoms with Crippen LogP contribution in [0, 0.1) is 0 Å². The molecule has 0 bridgehead atoms. The van der Waals surface area contributed by atoms with Crippen LogP contribution >= 0.6 is 11.3 Å². The van der Waals surface area contributed by atoms with E-state index in [0.29, 0.717) is 5.82 Å². The number of nitrogens with one attached hydrogen (secondary N) is 1. The van der Waals surface area contributed by atoms with Crippen molar-refractivity contribution < 1.29 is 0 Å². The maximum atomic E-state index is 4.27. The van der Waals surface area contributed by atoms with E-state index in [9.17, 15) is 0 Å². The van der Waals surface area contributed by atoms with Crippen LogP contribution < -0.4 is 0 Å². The summed E-state index contributed by atoms with van der Waals surface area (Å²) in [5.41, 5.74) is 2.03. The monoisotopic (exact) mass is 229 g/mol. The average molecular weight is 229 g/mol. The summed E-state index contributed by atoms with van der Waals surface area (Å²) in [7, 11) is 0. The molecule has 6 heteroatoms. The molecule has 2 aromatic heterocycles. The minimum atomic E-state index is 0.665. The number of aromatic amines is 1. The molecule has 16 heavy (non-hydrogen) atoms. The maximum Gasteiger partial charge on any atom is 0.179 e. The molecule has 0 atom stereocenters. The fraction of sp³-hybridized carbons (Fsp3) is 0. The second-order valence-corrected chi connectivity index (χ2v) is 4.06. The summed E-state index contributed by atoms with van der Waals surface area (Å²) in [6.45, 7) is 0. The average Bonchev–Trinajstić information content (AvgIpc) is 3.03. The lowest BCUT2D eigenvalue weighted by molar-refractivity contribution is 0.881. The molecule has 1 aromatic carbocycles. The van der Waals surface area contributed by atoms with Crippen LogP contribution in [0.5, 0.6) is 0 Å². The number of hydrogen-bond acceptors (Lipinski definition) is 5. The van der Waals surface area contributed by atoms with Crippen LogP contribution in [0.25, 0.3) is 22.0 Å². The second-order valence-electron chi connectivity index (χ2n) is 3.17. The first-order chi connectivity index (χ1) is 7.93. The topological polar surface area (TPSA) is 67.3 Å². The highest BCUT2D eigenvalue weighted by atomic mass is 32.1. The van der Waals surface area contributed by atoms with Crippen LogP contribution in [0.15, 0.2) is 35.8 Å². The molecule has 0 aliphatic carbocycles. The predicted molar refractivity (Wildman–Crippen MR) is 60.7 cm³/mol. The van der Waals surface area contributed by atoms with Crippen molar-refractivity contribution in [2.45, 2.75) is 0 Å². The van der Waals surface area contributed by atoms with Gasteiger partial charge in [-0.15, -0.1) is 16.4 Å². The fourth-order valence-corrected chi connectivity index (χ4v) is 2.08. The van der Waals surface area contributed by atoms with Gasteiger partial charge in [0.25, 0.3) is 0 Å². The van der Waals surface area contributed by atoms with Crippen molar-refractivity contribution in [2.75, 3.05) is 0 Å². The number of tetrazole rings is 1. The zero-order chi connectivity index (χ0) is 10.8. The van der Waals surface area contributed by atoms with Crippen LogP contribution in [0.4, 0.5) is 0 Å². The van der Waals surface area contributed by atoms with Crippen LogP contribution in [-0.4, -0.2) is 25.6 Å². The quantitative estimate of drug-likeness (QED) is 0.729. The minimum absolute atomic E-state index is 0.665. The molecule has 0 radical (unpaired) electrons. The summed E-state index contributed by atoms with van der Waals surface area (Å²) in [5, 5.41) is 16.7. The summed E-state index contributed by atoms with van der Waals surface area (Å²) < 4.78 is 0. The molecule has 0 fully saturated rings. The molecule has 0 aliphatic heterocycles. The number of H-pyrrole nitrogens is 1. The smallest absolute Gasteiger partial charge is 0.179 e. The van der Waals surface area contributed by atoms with Gasteiger partial charge in [0.2, 0.25) is 0 Å². The van der Waals surface area contributed by atoms with E-state index in [0.717, 1.165) is 16.1 Å². The first-order valence-corrected chi connectivity index (χ1v) is 5.55. The summed E-state index contributed by atoms with van der Waals surface area (Å²) >= 11 is 1.61. The normalized spacial score (nSPS) is 10.5. The van der Waals surface area contributed by atoms with Crippen molar-refractivity contribution in [3.05, 3.63) is 35.8 Å². The van der Waals surface area contributed by atoms with Crippen molar-refractivity contribution >= 4 is 11.3 Å². The number of aromatic nitrogens is 5. The highest BCUT2D eigenvalue weighted by molar-refractivity contribution is 7.13. The first-order valence-electron chi connectivity index (χ1n) is 4.67. The van der Waals surface area contributed by atoms with Gasteiger partial charge in [-0.2, -0.15) is 0 Å². The van der Waals surface area contributed by atoms with Gasteiger partial charge in [0.15, 0.2) is 5.82 Å². The highest BCUT2D eigenvalue weighted by Crippen LogP contribution is 2.25. The standard InChI is InChI=1S/C10H7N5S/c1-2-7(9-12-14-15-13-9)6-8(3-1)10-11-4-5-16-10/h1-6H,(H,12,13,14,15). The van der Waals surface area contributed by atoms with Gasteiger partial charge in [0.1, 0.15) is 5.01 Å². The molecule has 0 saturated carbocycles. The Hall–Kier alpha value is -2.08. The van der Waals surface area contributed by atoms with Crippen molar-refractivity contribution in [1.29, 1.82) is 0 Å². The molecule has 1 N–H and O–H groups in total. The summed E-state index contributed by atoms with van der Waals surface area (Å²) in [6.07, 6.45) is 1.79. The SMILES string of the molecule is c1cc(-c2nnn[nH]2)cc(-c2nccs2)c1. The van der Waals surface area contributed by atoms with E-state index < -0.39 is 0 Å². The van der Waals surface area contributed by atoms with Gasteiger partial charge < -0.3 is 0 Å². The van der Waals surface area contributed by atoms with Crippen LogP contribution in [-0.2, 0) is 0 Å². The lowest BCUT2D eigenvalue weighted by Gasteiger charge is -1.98. The fourth-order valence-electron chi connectivity index (χ4n) is 1.45. The zero-order valence-electron chi connectivity index (χ0n) is 8.16. The highest BCUT2D eigenvalue weighted by Gasteiger charge is 2.05. The van der Waals surface area contributed by atoms with Crippen molar-refractivity contribution in [3.8, 4) is 22.0 Å². The maximum absolute atomic E-state index is 4.27. The van der Waals surface area contributed by atoms with Gasteiger partial charge in [-0.1, -0.05) is 18.2 Å². The molecule has 0 amide bonds. The third-order valence-corrected chi connectivity index (χ3v) is 2.98. The van der Waals surface area contributed by atoms with Gasteiger partial charge in [-0.25, -0.2) is 10.1 Å². The van der Waals surface area contributed by atoms with E-state index in [1.165, 1.54) is 0 Å². The Morgan fingerprint density at radius 1 is 1.19 bits per heavy atom. The molecular formula is C10H7N5S. The van der Waals surface area contributed by atoms with E-state index in [4.69, 9.17) is 0 Å². The van der Waals surface area contributed by atoms with Gasteiger partial charge in [0.05, 0.1) is 0 Å². The molecule has 3 aromatic rings. The van der Waals surface area contributed by atoms with Crippen LogP contribution in [0.1, 0.15) is 0 Å². The molecular weight excluding hydrogens is 222 g/mol. The van der Waals surface area contributed by atoms with Gasteiger partial charge in [-0.3, -0.25) is 0 Å². The molecule has 0 spiro atoms. The number of thiazole rings is 1. The number of benzene rings is 1. The Morgan fingerprint density at radius 2 is 2.12 bits per heavy atom. The Balaban J connectivity index is 2.07. The molecule has 0 unspecified atom stereocenters. The van der Waals surface area contributed by atoms with E-state index in [1.807, 2.05) is 29.6 Å².